The van der Waals surface area contributed by atoms with Crippen molar-refractivity contribution in [3.63, 3.8) is 0 Å². The Morgan fingerprint density at radius 2 is 1.41 bits per heavy atom. The Morgan fingerprint density at radius 1 is 0.892 bits per heavy atom. The number of rotatable bonds is 13. The third-order valence-corrected chi connectivity index (χ3v) is 9.81. The topological polar surface area (TPSA) is 46.5 Å². The molecule has 0 heterocycles. The second-order valence-electron chi connectivity index (χ2n) is 12.7. The fraction of sp³-hybridized carbons (Fsp3) is 0.853. The summed E-state index contributed by atoms with van der Waals surface area (Å²) in [4.78, 5) is 9.41. The summed E-state index contributed by atoms with van der Waals surface area (Å²) >= 11 is 0. The van der Waals surface area contributed by atoms with E-state index in [9.17, 15) is 9.90 Å². The Morgan fingerprint density at radius 3 is 1.86 bits per heavy atom. The van der Waals surface area contributed by atoms with Gasteiger partial charge in [-0.25, -0.2) is 0 Å². The molecule has 0 spiro atoms. The van der Waals surface area contributed by atoms with Gasteiger partial charge in [-0.2, -0.15) is 0 Å². The van der Waals surface area contributed by atoms with E-state index in [4.69, 9.17) is 4.74 Å². The zero-order valence-corrected chi connectivity index (χ0v) is 24.7. The van der Waals surface area contributed by atoms with Gasteiger partial charge in [-0.3, -0.25) is 4.79 Å². The molecule has 0 aliphatic heterocycles. The van der Waals surface area contributed by atoms with Crippen molar-refractivity contribution in [1.82, 2.24) is 0 Å². The Balaban J connectivity index is 0.000000877. The lowest BCUT2D eigenvalue weighted by Crippen LogP contribution is -2.26. The summed E-state index contributed by atoms with van der Waals surface area (Å²) in [5, 5.41) is 9.36. The summed E-state index contributed by atoms with van der Waals surface area (Å²) in [6.45, 7) is 8.41. The number of methoxy groups -OCH3 is 1. The maximum atomic E-state index is 9.41. The van der Waals surface area contributed by atoms with Crippen molar-refractivity contribution in [3.8, 4) is 0 Å². The average Bonchev–Trinajstić information content (AvgIpc) is 2.93. The highest BCUT2D eigenvalue weighted by Crippen LogP contribution is 2.43. The quantitative estimate of drug-likeness (QED) is 0.115. The van der Waals surface area contributed by atoms with Gasteiger partial charge >= 0.3 is 0 Å². The molecule has 0 aromatic carbocycles. The van der Waals surface area contributed by atoms with E-state index in [1.165, 1.54) is 103 Å². The van der Waals surface area contributed by atoms with Gasteiger partial charge < -0.3 is 9.84 Å². The average molecular weight is 517 g/mol. The molecule has 3 heteroatoms. The van der Waals surface area contributed by atoms with Crippen LogP contribution in [0.4, 0.5) is 0 Å². The monoisotopic (exact) mass is 516 g/mol. The number of hydrogen-bond acceptors (Lipinski definition) is 3. The number of aldehydes is 1. The van der Waals surface area contributed by atoms with E-state index >= 15 is 0 Å². The molecule has 3 aliphatic carbocycles. The van der Waals surface area contributed by atoms with Crippen LogP contribution in [0.3, 0.4) is 0 Å². The predicted octanol–water partition coefficient (Wildman–Crippen LogP) is 8.95. The van der Waals surface area contributed by atoms with Gasteiger partial charge in [-0.15, -0.1) is 0 Å². The molecule has 3 saturated carbocycles. The van der Waals surface area contributed by atoms with Crippen LogP contribution in [-0.4, -0.2) is 31.7 Å². The first-order valence-corrected chi connectivity index (χ1v) is 15.9. The first-order valence-electron chi connectivity index (χ1n) is 15.9. The van der Waals surface area contributed by atoms with Gasteiger partial charge in [0.05, 0.1) is 0 Å². The van der Waals surface area contributed by atoms with Crippen molar-refractivity contribution in [3.05, 3.63) is 24.3 Å². The molecule has 1 atom stereocenters. The standard InChI is InChI=1S/C30H54O2.C4H6O/c1-3-4-5-6-24-9-15-27(16-10-24)28-17-11-25(12-18-28)7-8-26-13-19-29(20-14-26)30(21-22-31)23-32-2;1-4(2)3-5/h7-8,24-31H,3-6,9-23H2,1-2H3;3H,1H2,2H3/b8-7+;. The maximum Gasteiger partial charge on any atom is 0.145 e. The number of carbonyl (C=O) groups excluding carboxylic acids is 1. The first-order chi connectivity index (χ1) is 18.0. The third kappa shape index (κ3) is 12.6. The lowest BCUT2D eigenvalue weighted by atomic mass is 9.68. The van der Waals surface area contributed by atoms with E-state index in [-0.39, 0.29) is 0 Å². The molecule has 1 unspecified atom stereocenters. The number of hydrogen-bond donors (Lipinski definition) is 1. The summed E-state index contributed by atoms with van der Waals surface area (Å²) in [5.74, 6) is 6.10. The Labute approximate surface area is 229 Å². The van der Waals surface area contributed by atoms with Crippen LogP contribution in [0.5, 0.6) is 0 Å². The molecule has 0 radical (unpaired) electrons. The molecule has 3 fully saturated rings. The van der Waals surface area contributed by atoms with Gasteiger partial charge in [0, 0.05) is 20.3 Å². The van der Waals surface area contributed by atoms with E-state index in [2.05, 4.69) is 25.7 Å². The highest BCUT2D eigenvalue weighted by atomic mass is 16.5. The van der Waals surface area contributed by atoms with E-state index in [0.717, 1.165) is 54.8 Å². The van der Waals surface area contributed by atoms with Gasteiger partial charge in [0.15, 0.2) is 0 Å². The SMILES string of the molecule is C=C(C)C=O.CCCCCC1CCC(C2CCC(/C=C/C3CCC(C(CCO)COC)CC3)CC2)CC1. The molecule has 0 aromatic rings. The summed E-state index contributed by atoms with van der Waals surface area (Å²) < 4.78 is 5.42. The zero-order valence-electron chi connectivity index (χ0n) is 24.7. The zero-order chi connectivity index (χ0) is 26.9. The van der Waals surface area contributed by atoms with Crippen molar-refractivity contribution >= 4 is 6.29 Å². The van der Waals surface area contributed by atoms with E-state index in [1.54, 1.807) is 14.0 Å². The molecular formula is C34H60O3. The minimum absolute atomic E-state index is 0.303. The van der Waals surface area contributed by atoms with Crippen LogP contribution in [0.2, 0.25) is 0 Å². The second-order valence-corrected chi connectivity index (χ2v) is 12.7. The largest absolute Gasteiger partial charge is 0.396 e. The fourth-order valence-electron chi connectivity index (χ4n) is 7.40. The smallest absolute Gasteiger partial charge is 0.145 e. The van der Waals surface area contributed by atoms with Crippen LogP contribution >= 0.6 is 0 Å². The fourth-order valence-corrected chi connectivity index (χ4v) is 7.40. The summed E-state index contributed by atoms with van der Waals surface area (Å²) in [6.07, 6.45) is 29.9. The van der Waals surface area contributed by atoms with Crippen LogP contribution < -0.4 is 0 Å². The highest BCUT2D eigenvalue weighted by Gasteiger charge is 2.31. The van der Waals surface area contributed by atoms with Gasteiger partial charge in [0.1, 0.15) is 6.29 Å². The van der Waals surface area contributed by atoms with Crippen LogP contribution in [-0.2, 0) is 9.53 Å². The van der Waals surface area contributed by atoms with Gasteiger partial charge in [-0.05, 0) is 125 Å². The Hall–Kier alpha value is -0.930. The van der Waals surface area contributed by atoms with Crippen LogP contribution in [0, 0.1) is 41.4 Å². The van der Waals surface area contributed by atoms with Crippen molar-refractivity contribution in [2.24, 2.45) is 41.4 Å². The number of carbonyl (C=O) groups is 1. The lowest BCUT2D eigenvalue weighted by Gasteiger charge is -2.37. The lowest BCUT2D eigenvalue weighted by molar-refractivity contribution is -0.104. The molecule has 0 amide bonds. The number of ether oxygens (including phenoxy) is 1. The Bertz CT molecular complexity index is 611. The van der Waals surface area contributed by atoms with Crippen LogP contribution in [0.1, 0.15) is 123 Å². The highest BCUT2D eigenvalue weighted by molar-refractivity contribution is 5.70. The maximum absolute atomic E-state index is 9.41. The summed E-state index contributed by atoms with van der Waals surface area (Å²) in [6, 6.07) is 0. The van der Waals surface area contributed by atoms with E-state index in [0.29, 0.717) is 18.1 Å². The molecule has 0 bridgehead atoms. The van der Waals surface area contributed by atoms with Crippen molar-refractivity contribution in [2.45, 2.75) is 123 Å². The molecule has 3 rings (SSSR count). The number of aliphatic hydroxyl groups excluding tert-OH is 1. The van der Waals surface area contributed by atoms with Crippen molar-refractivity contribution in [1.29, 1.82) is 0 Å². The normalized spacial score (nSPS) is 31.4. The second kappa shape index (κ2) is 19.2. The first kappa shape index (κ1) is 32.3. The number of aliphatic hydroxyl groups is 1. The van der Waals surface area contributed by atoms with Crippen molar-refractivity contribution < 1.29 is 14.6 Å². The minimum atomic E-state index is 0.303. The van der Waals surface area contributed by atoms with Gasteiger partial charge in [0.2, 0.25) is 0 Å². The third-order valence-electron chi connectivity index (χ3n) is 9.81. The number of allylic oxidation sites excluding steroid dienone is 3. The van der Waals surface area contributed by atoms with Gasteiger partial charge in [-0.1, -0.05) is 64.2 Å². The van der Waals surface area contributed by atoms with Crippen LogP contribution in [0.25, 0.3) is 0 Å². The molecule has 37 heavy (non-hydrogen) atoms. The molecule has 1 N–H and O–H groups in total. The minimum Gasteiger partial charge on any atom is -0.396 e. The molecular weight excluding hydrogens is 456 g/mol. The molecule has 214 valence electrons. The summed E-state index contributed by atoms with van der Waals surface area (Å²) in [7, 11) is 1.80. The Kier molecular flexibility index (Phi) is 16.7. The van der Waals surface area contributed by atoms with E-state index in [1.807, 2.05) is 0 Å². The molecule has 3 nitrogen and oxygen atoms in total. The van der Waals surface area contributed by atoms with Gasteiger partial charge in [0.25, 0.3) is 0 Å². The predicted molar refractivity (Wildman–Crippen MR) is 158 cm³/mol. The molecule has 3 aliphatic rings. The summed E-state index contributed by atoms with van der Waals surface area (Å²) in [5.41, 5.74) is 0.574. The van der Waals surface area contributed by atoms with Crippen LogP contribution in [0.15, 0.2) is 24.3 Å². The number of unbranched alkanes of at least 4 members (excludes halogenated alkanes) is 2. The van der Waals surface area contributed by atoms with E-state index < -0.39 is 0 Å². The van der Waals surface area contributed by atoms with Crippen molar-refractivity contribution in [2.75, 3.05) is 20.3 Å². The molecule has 0 aromatic heterocycles. The molecule has 0 saturated heterocycles.